The molecule has 4 N–H and O–H groups in total. The van der Waals surface area contributed by atoms with Crippen LogP contribution in [0.2, 0.25) is 0 Å². The van der Waals surface area contributed by atoms with Gasteiger partial charge in [-0.25, -0.2) is 4.98 Å². The molecule has 158 valence electrons. The molecule has 0 bridgehead atoms. The molecule has 3 rings (SSSR count). The Kier molecular flexibility index (Phi) is 8.35. The number of nitrogen functional groups attached to an aromatic ring is 1. The Hall–Kier alpha value is -2.71. The molecule has 2 aromatic heterocycles. The zero-order chi connectivity index (χ0) is 21.4. The number of rotatable bonds is 8. The average Bonchev–Trinajstić information content (AvgIpc) is 3.08. The molecule has 0 aliphatic rings. The lowest BCUT2D eigenvalue weighted by molar-refractivity contribution is 0.0347. The fourth-order valence-corrected chi connectivity index (χ4v) is 3.26. The molecule has 1 aromatic carbocycles. The molecule has 2 atom stereocenters. The summed E-state index contributed by atoms with van der Waals surface area (Å²) in [4.78, 5) is 13.4. The van der Waals surface area contributed by atoms with Gasteiger partial charge in [0.1, 0.15) is 5.82 Å². The minimum absolute atomic E-state index is 0.0309. The van der Waals surface area contributed by atoms with Crippen LogP contribution in [0.4, 0.5) is 11.8 Å². The number of benzene rings is 1. The normalized spacial score (nSPS) is 12.9. The van der Waals surface area contributed by atoms with Crippen molar-refractivity contribution < 1.29 is 9.84 Å². The van der Waals surface area contributed by atoms with Crippen molar-refractivity contribution in [1.82, 2.24) is 19.5 Å². The lowest BCUT2D eigenvalue weighted by atomic mass is 10.1. The Morgan fingerprint density at radius 2 is 1.86 bits per heavy atom. The predicted octanol–water partition coefficient (Wildman–Crippen LogP) is 3.31. The molecule has 0 amide bonds. The number of fused-ring (bicyclic) bond motifs is 1. The van der Waals surface area contributed by atoms with Gasteiger partial charge < -0.3 is 25.5 Å². The van der Waals surface area contributed by atoms with Crippen molar-refractivity contribution in [3.8, 4) is 0 Å². The first-order valence-electron chi connectivity index (χ1n) is 9.97. The summed E-state index contributed by atoms with van der Waals surface area (Å²) in [5, 5.41) is 12.7. The zero-order valence-corrected chi connectivity index (χ0v) is 17.9. The van der Waals surface area contributed by atoms with Gasteiger partial charge >= 0.3 is 0 Å². The van der Waals surface area contributed by atoms with Gasteiger partial charge in [-0.05, 0) is 25.8 Å². The maximum Gasteiger partial charge on any atom is 0.224 e. The van der Waals surface area contributed by atoms with E-state index in [9.17, 15) is 5.11 Å². The third-order valence-corrected chi connectivity index (χ3v) is 4.62. The summed E-state index contributed by atoms with van der Waals surface area (Å²) < 4.78 is 7.32. The van der Waals surface area contributed by atoms with Crippen LogP contribution >= 0.6 is 0 Å². The molecule has 2 heterocycles. The number of hydrogen-bond acceptors (Lipinski definition) is 7. The number of hydrogen-bond donors (Lipinski definition) is 3. The van der Waals surface area contributed by atoms with Crippen molar-refractivity contribution in [2.75, 3.05) is 24.8 Å². The minimum atomic E-state index is -0.244. The second-order valence-electron chi connectivity index (χ2n) is 6.60. The van der Waals surface area contributed by atoms with E-state index in [1.807, 2.05) is 62.6 Å². The van der Waals surface area contributed by atoms with Crippen molar-refractivity contribution in [1.29, 1.82) is 0 Å². The minimum Gasteiger partial charge on any atom is -0.394 e. The number of aryl methyl sites for hydroxylation is 1. The van der Waals surface area contributed by atoms with Crippen LogP contribution in [0.15, 0.2) is 30.3 Å². The SMILES string of the molecule is CC.COC(CO)CC(C)n1c(C)nc2c(NCc3ccccc3)nc(N)nc21. The highest BCUT2D eigenvalue weighted by molar-refractivity contribution is 5.84. The summed E-state index contributed by atoms with van der Waals surface area (Å²) in [5.74, 6) is 1.62. The van der Waals surface area contributed by atoms with Gasteiger partial charge in [0.05, 0.1) is 12.7 Å². The highest BCUT2D eigenvalue weighted by atomic mass is 16.5. The lowest BCUT2D eigenvalue weighted by Gasteiger charge is -2.20. The summed E-state index contributed by atoms with van der Waals surface area (Å²) in [5.41, 5.74) is 8.45. The van der Waals surface area contributed by atoms with Gasteiger partial charge in [0.15, 0.2) is 17.0 Å². The molecule has 0 radical (unpaired) electrons. The molecular weight excluding hydrogens is 368 g/mol. The molecule has 29 heavy (non-hydrogen) atoms. The Morgan fingerprint density at radius 1 is 1.17 bits per heavy atom. The van der Waals surface area contributed by atoms with Crippen LogP contribution in [0.3, 0.4) is 0 Å². The van der Waals surface area contributed by atoms with E-state index >= 15 is 0 Å². The number of nitrogens with zero attached hydrogens (tertiary/aromatic N) is 4. The van der Waals surface area contributed by atoms with Crippen LogP contribution in [0.1, 0.15) is 44.6 Å². The van der Waals surface area contributed by atoms with E-state index in [2.05, 4.69) is 20.3 Å². The molecule has 2 unspecified atom stereocenters. The molecule has 0 saturated carbocycles. The number of aliphatic hydroxyl groups excluding tert-OH is 1. The number of imidazole rings is 1. The number of methoxy groups -OCH3 is 1. The van der Waals surface area contributed by atoms with Crippen molar-refractivity contribution in [2.24, 2.45) is 0 Å². The number of nitrogens with one attached hydrogen (secondary N) is 1. The van der Waals surface area contributed by atoms with Gasteiger partial charge in [0.25, 0.3) is 0 Å². The highest BCUT2D eigenvalue weighted by Gasteiger charge is 2.21. The predicted molar refractivity (Wildman–Crippen MR) is 117 cm³/mol. The smallest absolute Gasteiger partial charge is 0.224 e. The fraction of sp³-hybridized carbons (Fsp3) is 0.476. The highest BCUT2D eigenvalue weighted by Crippen LogP contribution is 2.27. The Labute approximate surface area is 172 Å². The Bertz CT molecular complexity index is 893. The standard InChI is InChI=1S/C19H26N6O2.C2H6/c1-12(9-15(11-26)27-3)25-13(2)22-16-17(23-19(20)24-18(16)25)21-10-14-7-5-4-6-8-14;1-2/h4-8,12,15,26H,9-11H2,1-3H3,(H3,20,21,23,24);1-2H3. The summed E-state index contributed by atoms with van der Waals surface area (Å²) >= 11 is 0. The van der Waals surface area contributed by atoms with Crippen LogP contribution in [-0.2, 0) is 11.3 Å². The van der Waals surface area contributed by atoms with E-state index in [1.54, 1.807) is 7.11 Å². The molecule has 0 fully saturated rings. The second-order valence-corrected chi connectivity index (χ2v) is 6.60. The molecule has 0 saturated heterocycles. The first-order valence-corrected chi connectivity index (χ1v) is 9.97. The number of aromatic nitrogens is 4. The number of ether oxygens (including phenoxy) is 1. The summed E-state index contributed by atoms with van der Waals surface area (Å²) in [6, 6.07) is 10.1. The van der Waals surface area contributed by atoms with E-state index in [-0.39, 0.29) is 24.7 Å². The first kappa shape index (κ1) is 22.6. The quantitative estimate of drug-likeness (QED) is 0.532. The van der Waals surface area contributed by atoms with Crippen LogP contribution in [0.25, 0.3) is 11.2 Å². The number of aliphatic hydroxyl groups is 1. The molecule has 3 aromatic rings. The Balaban J connectivity index is 0.00000145. The van der Waals surface area contributed by atoms with E-state index < -0.39 is 0 Å². The topological polar surface area (TPSA) is 111 Å². The van der Waals surface area contributed by atoms with Crippen molar-refractivity contribution in [2.45, 2.75) is 52.8 Å². The van der Waals surface area contributed by atoms with Crippen molar-refractivity contribution in [3.63, 3.8) is 0 Å². The molecular formula is C21H32N6O2. The van der Waals surface area contributed by atoms with Gasteiger partial charge in [0.2, 0.25) is 5.95 Å². The van der Waals surface area contributed by atoms with E-state index in [1.165, 1.54) is 0 Å². The largest absolute Gasteiger partial charge is 0.394 e. The maximum absolute atomic E-state index is 9.42. The van der Waals surface area contributed by atoms with E-state index in [0.29, 0.717) is 29.9 Å². The second kappa shape index (κ2) is 10.7. The molecule has 0 aliphatic carbocycles. The van der Waals surface area contributed by atoms with Crippen LogP contribution < -0.4 is 11.1 Å². The third kappa shape index (κ3) is 5.42. The summed E-state index contributed by atoms with van der Waals surface area (Å²) in [6.07, 6.45) is 0.391. The molecule has 0 aliphatic heterocycles. The number of nitrogens with two attached hydrogens (primary N) is 1. The molecule has 0 spiro atoms. The van der Waals surface area contributed by atoms with Crippen LogP contribution in [0, 0.1) is 6.92 Å². The van der Waals surface area contributed by atoms with Gasteiger partial charge in [0, 0.05) is 19.7 Å². The molecule has 8 nitrogen and oxygen atoms in total. The molecule has 8 heteroatoms. The van der Waals surface area contributed by atoms with Crippen LogP contribution in [-0.4, -0.2) is 44.4 Å². The fourth-order valence-electron chi connectivity index (χ4n) is 3.26. The first-order chi connectivity index (χ1) is 14.0. The van der Waals surface area contributed by atoms with Gasteiger partial charge in [-0.2, -0.15) is 9.97 Å². The van der Waals surface area contributed by atoms with Gasteiger partial charge in [-0.3, -0.25) is 0 Å². The third-order valence-electron chi connectivity index (χ3n) is 4.62. The van der Waals surface area contributed by atoms with Gasteiger partial charge in [-0.1, -0.05) is 44.2 Å². The average molecular weight is 401 g/mol. The monoisotopic (exact) mass is 400 g/mol. The number of anilines is 2. The van der Waals surface area contributed by atoms with Gasteiger partial charge in [-0.15, -0.1) is 0 Å². The van der Waals surface area contributed by atoms with Crippen molar-refractivity contribution >= 4 is 22.9 Å². The summed E-state index contributed by atoms with van der Waals surface area (Å²) in [6.45, 7) is 8.55. The van der Waals surface area contributed by atoms with Crippen molar-refractivity contribution in [3.05, 3.63) is 41.7 Å². The Morgan fingerprint density at radius 3 is 2.48 bits per heavy atom. The maximum atomic E-state index is 9.42. The van der Waals surface area contributed by atoms with E-state index in [4.69, 9.17) is 10.5 Å². The van der Waals surface area contributed by atoms with E-state index in [0.717, 1.165) is 11.4 Å². The lowest BCUT2D eigenvalue weighted by Crippen LogP contribution is -2.21. The van der Waals surface area contributed by atoms with Crippen LogP contribution in [0.5, 0.6) is 0 Å². The summed E-state index contributed by atoms with van der Waals surface area (Å²) in [7, 11) is 1.60. The zero-order valence-electron chi connectivity index (χ0n) is 17.9.